The highest BCUT2D eigenvalue weighted by atomic mass is 19.4. The Hall–Kier alpha value is -1.57. The SMILES string of the molecule is O=C(O)c1c(C(F)(F)F)ncn1C[C@@H]1CCO1. The number of nitrogens with zero attached hydrogens (tertiary/aromatic N) is 2. The number of carboxylic acid groups (broad SMARTS) is 1. The highest BCUT2D eigenvalue weighted by molar-refractivity contribution is 5.87. The number of hydrogen-bond donors (Lipinski definition) is 1. The molecule has 8 heteroatoms. The van der Waals surface area contributed by atoms with Gasteiger partial charge in [-0.15, -0.1) is 0 Å². The highest BCUT2D eigenvalue weighted by Crippen LogP contribution is 2.31. The molecule has 0 aromatic carbocycles. The summed E-state index contributed by atoms with van der Waals surface area (Å²) >= 11 is 0. The molecule has 1 aliphatic heterocycles. The summed E-state index contributed by atoms with van der Waals surface area (Å²) in [6.07, 6.45) is -3.41. The summed E-state index contributed by atoms with van der Waals surface area (Å²) in [6.45, 7) is 0.624. The van der Waals surface area contributed by atoms with Gasteiger partial charge < -0.3 is 14.4 Å². The van der Waals surface area contributed by atoms with Crippen LogP contribution in [0.25, 0.3) is 0 Å². The molecule has 1 aliphatic rings. The van der Waals surface area contributed by atoms with E-state index in [0.717, 1.165) is 10.9 Å². The van der Waals surface area contributed by atoms with Gasteiger partial charge in [-0.1, -0.05) is 0 Å². The Morgan fingerprint density at radius 3 is 2.71 bits per heavy atom. The minimum absolute atomic E-state index is 0.0741. The fraction of sp³-hybridized carbons (Fsp3) is 0.556. The molecule has 2 rings (SSSR count). The van der Waals surface area contributed by atoms with Crippen molar-refractivity contribution < 1.29 is 27.8 Å². The zero-order valence-electron chi connectivity index (χ0n) is 8.57. The van der Waals surface area contributed by atoms with Crippen LogP contribution in [0.1, 0.15) is 22.6 Å². The van der Waals surface area contributed by atoms with Gasteiger partial charge in [0.05, 0.1) is 19.0 Å². The second kappa shape index (κ2) is 4.02. The number of rotatable bonds is 3. The van der Waals surface area contributed by atoms with Crippen LogP contribution in [0.4, 0.5) is 13.2 Å². The lowest BCUT2D eigenvalue weighted by atomic mass is 10.2. The molecule has 0 amide bonds. The molecular weight excluding hydrogens is 241 g/mol. The van der Waals surface area contributed by atoms with Crippen molar-refractivity contribution in [3.05, 3.63) is 17.7 Å². The topological polar surface area (TPSA) is 64.3 Å². The minimum atomic E-state index is -4.76. The Balaban J connectivity index is 2.32. The lowest BCUT2D eigenvalue weighted by Crippen LogP contribution is -2.32. The van der Waals surface area contributed by atoms with Crippen LogP contribution in [-0.4, -0.2) is 33.3 Å². The van der Waals surface area contributed by atoms with E-state index in [-0.39, 0.29) is 12.6 Å². The average molecular weight is 250 g/mol. The molecular formula is C9H9F3N2O3. The number of imidazole rings is 1. The van der Waals surface area contributed by atoms with Crippen LogP contribution >= 0.6 is 0 Å². The number of ether oxygens (including phenoxy) is 1. The average Bonchev–Trinajstić information content (AvgIpc) is 2.53. The third kappa shape index (κ3) is 2.26. The summed E-state index contributed by atoms with van der Waals surface area (Å²) in [5.74, 6) is -1.64. The number of alkyl halides is 3. The molecule has 1 aromatic rings. The monoisotopic (exact) mass is 250 g/mol. The first-order chi connectivity index (χ1) is 7.89. The van der Waals surface area contributed by atoms with Gasteiger partial charge in [-0.25, -0.2) is 9.78 Å². The van der Waals surface area contributed by atoms with Crippen molar-refractivity contribution in [2.24, 2.45) is 0 Å². The van der Waals surface area contributed by atoms with Gasteiger partial charge in [-0.3, -0.25) is 0 Å². The van der Waals surface area contributed by atoms with Crippen molar-refractivity contribution >= 4 is 5.97 Å². The van der Waals surface area contributed by atoms with Crippen LogP contribution in [0.5, 0.6) is 0 Å². The fourth-order valence-electron chi connectivity index (χ4n) is 1.60. The van der Waals surface area contributed by atoms with Crippen LogP contribution in [0, 0.1) is 0 Å². The summed E-state index contributed by atoms with van der Waals surface area (Å²) < 4.78 is 43.5. The summed E-state index contributed by atoms with van der Waals surface area (Å²) in [5, 5.41) is 8.80. The standard InChI is InChI=1S/C9H9F3N2O3/c10-9(11,12)7-6(8(15)16)14(4-13-7)3-5-1-2-17-5/h4-5H,1-3H2,(H,15,16)/t5-/m0/s1. The van der Waals surface area contributed by atoms with Crippen LogP contribution in [0.15, 0.2) is 6.33 Å². The quantitative estimate of drug-likeness (QED) is 0.880. The van der Waals surface area contributed by atoms with Gasteiger partial charge in [0.1, 0.15) is 0 Å². The van der Waals surface area contributed by atoms with Crippen LogP contribution in [-0.2, 0) is 17.5 Å². The second-order valence-corrected chi connectivity index (χ2v) is 3.68. The lowest BCUT2D eigenvalue weighted by molar-refractivity contribution is -0.141. The molecule has 5 nitrogen and oxygen atoms in total. The first kappa shape index (κ1) is 11.9. The van der Waals surface area contributed by atoms with E-state index in [4.69, 9.17) is 9.84 Å². The molecule has 0 unspecified atom stereocenters. The first-order valence-electron chi connectivity index (χ1n) is 4.87. The Labute approximate surface area is 93.8 Å². The zero-order chi connectivity index (χ0) is 12.6. The Morgan fingerprint density at radius 2 is 2.29 bits per heavy atom. The molecule has 0 radical (unpaired) electrons. The molecule has 0 aliphatic carbocycles. The van der Waals surface area contributed by atoms with Crippen LogP contribution < -0.4 is 0 Å². The lowest BCUT2D eigenvalue weighted by Gasteiger charge is -2.26. The second-order valence-electron chi connectivity index (χ2n) is 3.68. The zero-order valence-corrected chi connectivity index (χ0v) is 8.57. The summed E-state index contributed by atoms with van der Waals surface area (Å²) in [6, 6.07) is 0. The smallest absolute Gasteiger partial charge is 0.435 e. The molecule has 17 heavy (non-hydrogen) atoms. The van der Waals surface area contributed by atoms with Crippen molar-refractivity contribution in [1.82, 2.24) is 9.55 Å². The van der Waals surface area contributed by atoms with E-state index in [2.05, 4.69) is 4.98 Å². The predicted octanol–water partition coefficient (Wildman–Crippen LogP) is 1.39. The molecule has 2 heterocycles. The van der Waals surface area contributed by atoms with Crippen molar-refractivity contribution in [2.75, 3.05) is 6.61 Å². The van der Waals surface area contributed by atoms with Gasteiger partial charge in [0.15, 0.2) is 11.4 Å². The maximum atomic E-state index is 12.5. The van der Waals surface area contributed by atoms with Gasteiger partial charge in [-0.2, -0.15) is 13.2 Å². The van der Waals surface area contributed by atoms with Gasteiger partial charge in [0, 0.05) is 6.61 Å². The third-order valence-electron chi connectivity index (χ3n) is 2.50. The third-order valence-corrected chi connectivity index (χ3v) is 2.50. The van der Waals surface area contributed by atoms with Crippen molar-refractivity contribution in [3.8, 4) is 0 Å². The highest BCUT2D eigenvalue weighted by Gasteiger charge is 2.40. The van der Waals surface area contributed by atoms with Crippen molar-refractivity contribution in [3.63, 3.8) is 0 Å². The normalized spacial score (nSPS) is 20.1. The molecule has 1 saturated heterocycles. The number of carbonyl (C=O) groups is 1. The Kier molecular flexibility index (Phi) is 2.82. The van der Waals surface area contributed by atoms with E-state index in [0.29, 0.717) is 13.0 Å². The van der Waals surface area contributed by atoms with Crippen LogP contribution in [0.3, 0.4) is 0 Å². The maximum Gasteiger partial charge on any atom is 0.435 e. The summed E-state index contributed by atoms with van der Waals surface area (Å²) in [5.41, 5.74) is -2.21. The molecule has 1 atom stereocenters. The number of hydrogen-bond acceptors (Lipinski definition) is 3. The molecule has 0 saturated carbocycles. The fourth-order valence-corrected chi connectivity index (χ4v) is 1.60. The van der Waals surface area contributed by atoms with Gasteiger partial charge >= 0.3 is 12.1 Å². The largest absolute Gasteiger partial charge is 0.477 e. The van der Waals surface area contributed by atoms with E-state index in [1.807, 2.05) is 0 Å². The number of carboxylic acids is 1. The van der Waals surface area contributed by atoms with E-state index in [1.54, 1.807) is 0 Å². The van der Waals surface area contributed by atoms with Crippen molar-refractivity contribution in [2.45, 2.75) is 25.2 Å². The number of halogens is 3. The number of aromatic nitrogens is 2. The summed E-state index contributed by atoms with van der Waals surface area (Å²) in [4.78, 5) is 14.0. The van der Waals surface area contributed by atoms with Crippen LogP contribution in [0.2, 0.25) is 0 Å². The molecule has 0 bridgehead atoms. The van der Waals surface area contributed by atoms with Gasteiger partial charge in [0.25, 0.3) is 0 Å². The minimum Gasteiger partial charge on any atom is -0.477 e. The first-order valence-corrected chi connectivity index (χ1v) is 4.87. The van der Waals surface area contributed by atoms with E-state index < -0.39 is 23.5 Å². The molecule has 94 valence electrons. The number of aromatic carboxylic acids is 1. The molecule has 1 fully saturated rings. The maximum absolute atomic E-state index is 12.5. The van der Waals surface area contributed by atoms with E-state index in [1.165, 1.54) is 0 Å². The van der Waals surface area contributed by atoms with E-state index >= 15 is 0 Å². The van der Waals surface area contributed by atoms with Crippen molar-refractivity contribution in [1.29, 1.82) is 0 Å². The molecule has 1 N–H and O–H groups in total. The van der Waals surface area contributed by atoms with Gasteiger partial charge in [0.2, 0.25) is 0 Å². The Morgan fingerprint density at radius 1 is 1.65 bits per heavy atom. The predicted molar refractivity (Wildman–Crippen MR) is 48.5 cm³/mol. The molecule has 0 spiro atoms. The van der Waals surface area contributed by atoms with E-state index in [9.17, 15) is 18.0 Å². The summed E-state index contributed by atoms with van der Waals surface area (Å²) in [7, 11) is 0. The Bertz CT molecular complexity index is 437. The molecule has 1 aromatic heterocycles. The van der Waals surface area contributed by atoms with Gasteiger partial charge in [-0.05, 0) is 6.42 Å².